The quantitative estimate of drug-likeness (QED) is 0.635. The summed E-state index contributed by atoms with van der Waals surface area (Å²) in [6.45, 7) is 6.10. The summed E-state index contributed by atoms with van der Waals surface area (Å²) in [5.41, 5.74) is 0.273. The standard InChI is InChI=1S/C24H31FN2O3S/c1-24(2,29)16-26(13-17-6-7-17)14-23(28)27-10-8-22-20(9-11-31-22)21(27)15-30-19-5-3-4-18(25)12-19/h3-5,9,11-12,17,21,29H,6-8,10,13-16H2,1-2H3/t21-/m0/s1. The number of halogens is 1. The fourth-order valence-corrected chi connectivity index (χ4v) is 5.21. The zero-order valence-corrected chi connectivity index (χ0v) is 19.0. The number of carbonyl (C=O) groups is 1. The first-order chi connectivity index (χ1) is 14.8. The van der Waals surface area contributed by atoms with Gasteiger partial charge in [-0.1, -0.05) is 6.07 Å². The van der Waals surface area contributed by atoms with Crippen LogP contribution in [0.3, 0.4) is 0 Å². The first-order valence-electron chi connectivity index (χ1n) is 11.0. The van der Waals surface area contributed by atoms with Crippen LogP contribution in [0.25, 0.3) is 0 Å². The molecule has 1 aromatic carbocycles. The van der Waals surface area contributed by atoms with Gasteiger partial charge in [0.25, 0.3) is 0 Å². The van der Waals surface area contributed by atoms with Gasteiger partial charge in [0.2, 0.25) is 5.91 Å². The zero-order chi connectivity index (χ0) is 22.0. The van der Waals surface area contributed by atoms with Crippen LogP contribution in [-0.4, -0.2) is 59.2 Å². The van der Waals surface area contributed by atoms with Gasteiger partial charge in [-0.3, -0.25) is 9.69 Å². The van der Waals surface area contributed by atoms with Crippen LogP contribution in [0.4, 0.5) is 4.39 Å². The van der Waals surface area contributed by atoms with Crippen molar-refractivity contribution in [3.05, 3.63) is 52.0 Å². The Bertz CT molecular complexity index is 906. The van der Waals surface area contributed by atoms with Crippen molar-refractivity contribution >= 4 is 17.2 Å². The lowest BCUT2D eigenvalue weighted by Gasteiger charge is -2.38. The molecule has 5 nitrogen and oxygen atoms in total. The van der Waals surface area contributed by atoms with Crippen LogP contribution in [0.2, 0.25) is 0 Å². The largest absolute Gasteiger partial charge is 0.491 e. The van der Waals surface area contributed by atoms with E-state index in [4.69, 9.17) is 4.74 Å². The summed E-state index contributed by atoms with van der Waals surface area (Å²) in [6.07, 6.45) is 3.23. The Hall–Kier alpha value is -1.96. The lowest BCUT2D eigenvalue weighted by atomic mass is 10.00. The molecule has 7 heteroatoms. The number of hydrogen-bond acceptors (Lipinski definition) is 5. The molecule has 1 N–H and O–H groups in total. The number of carbonyl (C=O) groups excluding carboxylic acids is 1. The molecule has 168 valence electrons. The smallest absolute Gasteiger partial charge is 0.237 e. The Morgan fingerprint density at radius 2 is 2.16 bits per heavy atom. The van der Waals surface area contributed by atoms with Crippen molar-refractivity contribution in [1.82, 2.24) is 9.80 Å². The Labute approximate surface area is 187 Å². The molecule has 1 amide bonds. The third-order valence-corrected chi connectivity index (χ3v) is 6.80. The second-order valence-electron chi connectivity index (χ2n) is 9.35. The van der Waals surface area contributed by atoms with E-state index < -0.39 is 5.60 Å². The van der Waals surface area contributed by atoms with E-state index in [9.17, 15) is 14.3 Å². The molecule has 0 spiro atoms. The molecule has 0 radical (unpaired) electrons. The maximum absolute atomic E-state index is 13.5. The van der Waals surface area contributed by atoms with Crippen LogP contribution in [0.5, 0.6) is 5.75 Å². The third kappa shape index (κ3) is 6.05. The van der Waals surface area contributed by atoms with Gasteiger partial charge in [0.15, 0.2) is 0 Å². The van der Waals surface area contributed by atoms with Gasteiger partial charge in [0.1, 0.15) is 18.2 Å². The maximum atomic E-state index is 13.5. The fraction of sp³-hybridized carbons (Fsp3) is 0.542. The molecule has 0 saturated heterocycles. The minimum atomic E-state index is -0.850. The molecular formula is C24H31FN2O3S. The predicted molar refractivity (Wildman–Crippen MR) is 120 cm³/mol. The number of fused-ring (bicyclic) bond motifs is 1. The second kappa shape index (κ2) is 9.27. The summed E-state index contributed by atoms with van der Waals surface area (Å²) in [5.74, 6) is 0.807. The first-order valence-corrected chi connectivity index (χ1v) is 11.9. The summed E-state index contributed by atoms with van der Waals surface area (Å²) in [6, 6.07) is 7.97. The summed E-state index contributed by atoms with van der Waals surface area (Å²) in [7, 11) is 0. The number of ether oxygens (including phenoxy) is 1. The Kier molecular flexibility index (Phi) is 6.65. The van der Waals surface area contributed by atoms with Crippen molar-refractivity contribution in [2.24, 2.45) is 5.92 Å². The molecule has 0 bridgehead atoms. The predicted octanol–water partition coefficient (Wildman–Crippen LogP) is 3.87. The average Bonchev–Trinajstić information content (AvgIpc) is 3.36. The molecule has 1 aromatic heterocycles. The molecule has 1 saturated carbocycles. The normalized spacial score (nSPS) is 18.9. The number of benzene rings is 1. The third-order valence-electron chi connectivity index (χ3n) is 5.80. The number of aliphatic hydroxyl groups is 1. The molecule has 1 aliphatic carbocycles. The van der Waals surface area contributed by atoms with E-state index in [1.165, 1.54) is 29.9 Å². The number of nitrogens with zero attached hydrogens (tertiary/aromatic N) is 2. The highest BCUT2D eigenvalue weighted by atomic mass is 32.1. The van der Waals surface area contributed by atoms with E-state index in [1.807, 2.05) is 4.90 Å². The highest BCUT2D eigenvalue weighted by molar-refractivity contribution is 7.10. The highest BCUT2D eigenvalue weighted by Crippen LogP contribution is 2.34. The molecule has 2 aliphatic rings. The maximum Gasteiger partial charge on any atom is 0.237 e. The molecule has 1 fully saturated rings. The number of rotatable bonds is 9. The molecule has 1 atom stereocenters. The van der Waals surface area contributed by atoms with Gasteiger partial charge in [0, 0.05) is 30.6 Å². The minimum Gasteiger partial charge on any atom is -0.491 e. The van der Waals surface area contributed by atoms with Crippen LogP contribution in [-0.2, 0) is 11.2 Å². The zero-order valence-electron chi connectivity index (χ0n) is 18.2. The van der Waals surface area contributed by atoms with Crippen molar-refractivity contribution < 1.29 is 19.0 Å². The van der Waals surface area contributed by atoms with Gasteiger partial charge >= 0.3 is 0 Å². The van der Waals surface area contributed by atoms with Crippen LogP contribution in [0.15, 0.2) is 35.7 Å². The van der Waals surface area contributed by atoms with Gasteiger partial charge in [-0.2, -0.15) is 0 Å². The van der Waals surface area contributed by atoms with E-state index in [0.717, 1.165) is 18.5 Å². The van der Waals surface area contributed by atoms with Crippen LogP contribution < -0.4 is 4.74 Å². The van der Waals surface area contributed by atoms with E-state index >= 15 is 0 Å². The average molecular weight is 447 g/mol. The molecule has 31 heavy (non-hydrogen) atoms. The van der Waals surface area contributed by atoms with Gasteiger partial charge in [-0.05, 0) is 68.2 Å². The van der Waals surface area contributed by atoms with Crippen LogP contribution in [0, 0.1) is 11.7 Å². The Morgan fingerprint density at radius 1 is 1.35 bits per heavy atom. The fourth-order valence-electron chi connectivity index (χ4n) is 4.29. The van der Waals surface area contributed by atoms with Crippen molar-refractivity contribution in [2.45, 2.75) is 44.8 Å². The highest BCUT2D eigenvalue weighted by Gasteiger charge is 2.34. The lowest BCUT2D eigenvalue weighted by Crippen LogP contribution is -2.49. The molecule has 2 heterocycles. The van der Waals surface area contributed by atoms with Crippen molar-refractivity contribution in [2.75, 3.05) is 32.8 Å². The first kappa shape index (κ1) is 22.2. The Balaban J connectivity index is 1.48. The van der Waals surface area contributed by atoms with E-state index in [1.54, 1.807) is 37.3 Å². The number of hydrogen-bond donors (Lipinski definition) is 1. The van der Waals surface area contributed by atoms with E-state index in [-0.39, 0.29) is 30.9 Å². The van der Waals surface area contributed by atoms with Crippen LogP contribution >= 0.6 is 11.3 Å². The SMILES string of the molecule is CC(C)(O)CN(CC(=O)N1CCc2sccc2[C@@H]1COc1cccc(F)c1)CC1CC1. The molecule has 1 aliphatic heterocycles. The number of thiophene rings is 1. The topological polar surface area (TPSA) is 53.0 Å². The molecule has 2 aromatic rings. The van der Waals surface area contributed by atoms with Gasteiger partial charge in [-0.15, -0.1) is 11.3 Å². The van der Waals surface area contributed by atoms with Gasteiger partial charge in [0.05, 0.1) is 18.2 Å². The van der Waals surface area contributed by atoms with Crippen molar-refractivity contribution in [1.29, 1.82) is 0 Å². The second-order valence-corrected chi connectivity index (χ2v) is 10.3. The number of amides is 1. The van der Waals surface area contributed by atoms with Crippen molar-refractivity contribution in [3.8, 4) is 5.75 Å². The molecular weight excluding hydrogens is 415 g/mol. The van der Waals surface area contributed by atoms with Crippen molar-refractivity contribution in [3.63, 3.8) is 0 Å². The van der Waals surface area contributed by atoms with E-state index in [0.29, 0.717) is 24.8 Å². The van der Waals surface area contributed by atoms with E-state index in [2.05, 4.69) is 16.3 Å². The van der Waals surface area contributed by atoms with Gasteiger partial charge < -0.3 is 14.7 Å². The van der Waals surface area contributed by atoms with Crippen LogP contribution in [0.1, 0.15) is 43.2 Å². The minimum absolute atomic E-state index is 0.0505. The lowest BCUT2D eigenvalue weighted by molar-refractivity contribution is -0.136. The molecule has 0 unspecified atom stereocenters. The molecule has 4 rings (SSSR count). The summed E-state index contributed by atoms with van der Waals surface area (Å²) in [5, 5.41) is 12.4. The van der Waals surface area contributed by atoms with Gasteiger partial charge in [-0.25, -0.2) is 4.39 Å². The monoisotopic (exact) mass is 446 g/mol. The Morgan fingerprint density at radius 3 is 2.87 bits per heavy atom. The summed E-state index contributed by atoms with van der Waals surface area (Å²) < 4.78 is 19.5. The summed E-state index contributed by atoms with van der Waals surface area (Å²) >= 11 is 1.71. The summed E-state index contributed by atoms with van der Waals surface area (Å²) in [4.78, 5) is 18.7.